The lowest BCUT2D eigenvalue weighted by molar-refractivity contribution is 0.768. The first kappa shape index (κ1) is 40.3. The van der Waals surface area contributed by atoms with Crippen molar-refractivity contribution in [1.29, 1.82) is 0 Å². The Hall–Kier alpha value is -8.98. The van der Waals surface area contributed by atoms with E-state index in [2.05, 4.69) is 249 Å². The highest BCUT2D eigenvalue weighted by molar-refractivity contribution is 6.13. The molecule has 0 fully saturated rings. The molecule has 69 heavy (non-hydrogen) atoms. The van der Waals surface area contributed by atoms with Crippen LogP contribution in [0.4, 0.5) is 0 Å². The van der Waals surface area contributed by atoms with Crippen LogP contribution in [0.15, 0.2) is 267 Å². The Morgan fingerprint density at radius 2 is 0.652 bits per heavy atom. The third-order valence-corrected chi connectivity index (χ3v) is 14.2. The predicted molar refractivity (Wildman–Crippen MR) is 287 cm³/mol. The molecule has 0 N–H and O–H groups in total. The van der Waals surface area contributed by atoms with Crippen LogP contribution in [0.3, 0.4) is 0 Å². The van der Waals surface area contributed by atoms with Gasteiger partial charge in [-0.25, -0.2) is 9.97 Å². The summed E-state index contributed by atoms with van der Waals surface area (Å²) >= 11 is 0. The molecule has 0 amide bonds. The molecule has 13 rings (SSSR count). The summed E-state index contributed by atoms with van der Waals surface area (Å²) in [5.74, 6) is 0.699. The average molecular weight is 877 g/mol. The van der Waals surface area contributed by atoms with Gasteiger partial charge in [-0.2, -0.15) is 0 Å². The second kappa shape index (κ2) is 16.7. The van der Waals surface area contributed by atoms with E-state index in [4.69, 9.17) is 9.97 Å². The van der Waals surface area contributed by atoms with Gasteiger partial charge in [0.05, 0.1) is 16.8 Å². The van der Waals surface area contributed by atoms with Gasteiger partial charge in [0.2, 0.25) is 0 Å². The molecule has 0 bridgehead atoms. The first-order valence-corrected chi connectivity index (χ1v) is 23.7. The topological polar surface area (TPSA) is 25.8 Å². The van der Waals surface area contributed by atoms with Crippen LogP contribution in [0, 0.1) is 0 Å². The van der Waals surface area contributed by atoms with Crippen LogP contribution in [0.1, 0.15) is 22.3 Å². The van der Waals surface area contributed by atoms with E-state index in [0.29, 0.717) is 5.82 Å². The lowest BCUT2D eigenvalue weighted by Gasteiger charge is -2.34. The minimum atomic E-state index is -0.472. The summed E-state index contributed by atoms with van der Waals surface area (Å²) in [7, 11) is 0. The SMILES string of the molecule is c1ccc(-c2ccc(-c3cc(-c4ccc(-c5ccc(-c6cccc7c6-c6ccccc6C7(c6ccccc6)c6ccccc6)c6ccccc56)c5ccccc45)nc(-c4ccccc4)n3)cc2)cc1. The van der Waals surface area contributed by atoms with E-state index in [1.54, 1.807) is 0 Å². The monoisotopic (exact) mass is 876 g/mol. The third-order valence-electron chi connectivity index (χ3n) is 14.2. The van der Waals surface area contributed by atoms with Crippen LogP contribution in [-0.4, -0.2) is 9.97 Å². The molecule has 0 aliphatic heterocycles. The molecule has 2 heteroatoms. The highest BCUT2D eigenvalue weighted by atomic mass is 14.9. The Morgan fingerprint density at radius 3 is 1.25 bits per heavy atom. The predicted octanol–water partition coefficient (Wildman–Crippen LogP) is 17.1. The van der Waals surface area contributed by atoms with Gasteiger partial charge in [0.15, 0.2) is 5.82 Å². The van der Waals surface area contributed by atoms with Crippen molar-refractivity contribution in [2.45, 2.75) is 5.41 Å². The smallest absolute Gasteiger partial charge is 0.160 e. The molecule has 0 radical (unpaired) electrons. The van der Waals surface area contributed by atoms with E-state index in [9.17, 15) is 0 Å². The van der Waals surface area contributed by atoms with Crippen molar-refractivity contribution in [3.8, 4) is 78.4 Å². The van der Waals surface area contributed by atoms with Crippen LogP contribution in [0.5, 0.6) is 0 Å². The summed E-state index contributed by atoms with van der Waals surface area (Å²) in [6.07, 6.45) is 0. The Balaban J connectivity index is 0.965. The van der Waals surface area contributed by atoms with Crippen molar-refractivity contribution >= 4 is 21.5 Å². The number of aromatic nitrogens is 2. The zero-order valence-corrected chi connectivity index (χ0v) is 37.8. The second-order valence-corrected chi connectivity index (χ2v) is 17.9. The molecule has 0 unspecified atom stereocenters. The van der Waals surface area contributed by atoms with Crippen LogP contribution in [0.2, 0.25) is 0 Å². The number of hydrogen-bond donors (Lipinski definition) is 0. The first-order valence-electron chi connectivity index (χ1n) is 23.7. The van der Waals surface area contributed by atoms with Crippen molar-refractivity contribution in [2.75, 3.05) is 0 Å². The number of rotatable bonds is 8. The van der Waals surface area contributed by atoms with Gasteiger partial charge >= 0.3 is 0 Å². The standard InChI is InChI=1S/C67H44N2/c1-5-20-45(21-6-1)46-36-38-47(39-37-46)63-44-64(69-66(68-63)48-22-7-2-8-23-48)58-43-42-56(53-30-15-16-31-54(53)58)55-40-41-57(52-29-14-13-28-51(52)55)59-33-19-35-62-65(59)60-32-17-18-34-61(60)67(62,49-24-9-3-10-25-49)50-26-11-4-12-27-50/h1-44H. The molecule has 11 aromatic carbocycles. The second-order valence-electron chi connectivity index (χ2n) is 17.9. The average Bonchev–Trinajstić information content (AvgIpc) is 3.75. The van der Waals surface area contributed by atoms with Crippen molar-refractivity contribution in [3.63, 3.8) is 0 Å². The molecular weight excluding hydrogens is 833 g/mol. The Bertz CT molecular complexity index is 3820. The zero-order valence-electron chi connectivity index (χ0n) is 37.8. The number of nitrogens with zero attached hydrogens (tertiary/aromatic N) is 2. The molecule has 0 spiro atoms. The fraction of sp³-hybridized carbons (Fsp3) is 0.0149. The summed E-state index contributed by atoms with van der Waals surface area (Å²) in [6.45, 7) is 0. The van der Waals surface area contributed by atoms with Crippen molar-refractivity contribution in [2.24, 2.45) is 0 Å². The first-order chi connectivity index (χ1) is 34.2. The normalized spacial score (nSPS) is 12.5. The van der Waals surface area contributed by atoms with Gasteiger partial charge in [-0.05, 0) is 94.4 Å². The molecule has 1 aliphatic carbocycles. The highest BCUT2D eigenvalue weighted by Crippen LogP contribution is 2.58. The van der Waals surface area contributed by atoms with E-state index in [1.807, 2.05) is 18.2 Å². The van der Waals surface area contributed by atoms with Crippen molar-refractivity contribution in [1.82, 2.24) is 9.97 Å². The van der Waals surface area contributed by atoms with Gasteiger partial charge in [-0.15, -0.1) is 0 Å². The van der Waals surface area contributed by atoms with Crippen LogP contribution in [0.25, 0.3) is 100.0 Å². The van der Waals surface area contributed by atoms with E-state index >= 15 is 0 Å². The van der Waals surface area contributed by atoms with Gasteiger partial charge < -0.3 is 0 Å². The minimum absolute atomic E-state index is 0.472. The number of fused-ring (bicyclic) bond motifs is 5. The quantitative estimate of drug-likeness (QED) is 0.152. The van der Waals surface area contributed by atoms with Crippen LogP contribution < -0.4 is 0 Å². The molecule has 0 saturated carbocycles. The Kier molecular flexibility index (Phi) is 9.77. The van der Waals surface area contributed by atoms with E-state index in [1.165, 1.54) is 82.9 Å². The molecule has 12 aromatic rings. The highest BCUT2D eigenvalue weighted by Gasteiger charge is 2.46. The molecule has 1 aliphatic rings. The molecular formula is C67H44N2. The van der Waals surface area contributed by atoms with Gasteiger partial charge in [0, 0.05) is 16.7 Å². The largest absolute Gasteiger partial charge is 0.228 e. The maximum absolute atomic E-state index is 5.29. The van der Waals surface area contributed by atoms with Gasteiger partial charge in [-0.3, -0.25) is 0 Å². The van der Waals surface area contributed by atoms with E-state index in [-0.39, 0.29) is 0 Å². The van der Waals surface area contributed by atoms with E-state index < -0.39 is 5.41 Å². The summed E-state index contributed by atoms with van der Waals surface area (Å²) in [5.41, 5.74) is 19.3. The Morgan fingerprint density at radius 1 is 0.246 bits per heavy atom. The fourth-order valence-electron chi connectivity index (χ4n) is 11.2. The number of benzene rings is 11. The molecule has 322 valence electrons. The minimum Gasteiger partial charge on any atom is -0.228 e. The van der Waals surface area contributed by atoms with Crippen LogP contribution >= 0.6 is 0 Å². The Labute approximate surface area is 402 Å². The van der Waals surface area contributed by atoms with Crippen LogP contribution in [-0.2, 0) is 5.41 Å². The maximum Gasteiger partial charge on any atom is 0.160 e. The molecule has 0 saturated heterocycles. The summed E-state index contributed by atoms with van der Waals surface area (Å²) < 4.78 is 0. The third kappa shape index (κ3) is 6.64. The van der Waals surface area contributed by atoms with Gasteiger partial charge in [0.1, 0.15) is 0 Å². The lowest BCUT2D eigenvalue weighted by Crippen LogP contribution is -2.28. The zero-order chi connectivity index (χ0) is 45.7. The summed E-state index contributed by atoms with van der Waals surface area (Å²) in [6, 6.07) is 96.7. The maximum atomic E-state index is 5.29. The molecule has 0 atom stereocenters. The van der Waals surface area contributed by atoms with Crippen molar-refractivity contribution < 1.29 is 0 Å². The van der Waals surface area contributed by atoms with Gasteiger partial charge in [-0.1, -0.05) is 261 Å². The number of hydrogen-bond acceptors (Lipinski definition) is 2. The molecule has 1 aromatic heterocycles. The lowest BCUT2D eigenvalue weighted by atomic mass is 9.67. The molecule has 1 heterocycles. The fourth-order valence-corrected chi connectivity index (χ4v) is 11.2. The summed E-state index contributed by atoms with van der Waals surface area (Å²) in [5, 5.41) is 4.74. The molecule has 2 nitrogen and oxygen atoms in total. The van der Waals surface area contributed by atoms with Crippen molar-refractivity contribution in [3.05, 3.63) is 289 Å². The van der Waals surface area contributed by atoms with Gasteiger partial charge in [0.25, 0.3) is 0 Å². The van der Waals surface area contributed by atoms with E-state index in [0.717, 1.165) is 33.5 Å². The summed E-state index contributed by atoms with van der Waals surface area (Å²) in [4.78, 5) is 10.5.